The van der Waals surface area contributed by atoms with Crippen molar-refractivity contribution < 1.29 is 9.90 Å². The van der Waals surface area contributed by atoms with Gasteiger partial charge in [0.25, 0.3) is 0 Å². The molecule has 1 heterocycles. The number of likely N-dealkylation sites (tertiary alicyclic amines) is 1. The highest BCUT2D eigenvalue weighted by Gasteiger charge is 2.39. The monoisotopic (exact) mass is 308 g/mol. The second kappa shape index (κ2) is 6.12. The number of aliphatic hydroxyl groups is 1. The quantitative estimate of drug-likeness (QED) is 0.818. The van der Waals surface area contributed by atoms with E-state index in [0.29, 0.717) is 11.8 Å². The largest absolute Gasteiger partial charge is 0.393 e. The van der Waals surface area contributed by atoms with Crippen LogP contribution in [0, 0.1) is 17.3 Å². The first-order chi connectivity index (χ1) is 10.3. The average molecular weight is 308 g/mol. The van der Waals surface area contributed by atoms with E-state index in [1.807, 2.05) is 20.8 Å². The summed E-state index contributed by atoms with van der Waals surface area (Å²) in [5.41, 5.74) is -0.328. The minimum Gasteiger partial charge on any atom is -0.393 e. The number of carbonyl (C=O) groups excluding carboxylic acids is 1. The van der Waals surface area contributed by atoms with Gasteiger partial charge in [-0.05, 0) is 50.4 Å². The molecule has 2 aliphatic carbocycles. The highest BCUT2D eigenvalue weighted by atomic mass is 16.3. The Morgan fingerprint density at radius 1 is 1.23 bits per heavy atom. The summed E-state index contributed by atoms with van der Waals surface area (Å²) in [7, 11) is 0. The van der Waals surface area contributed by atoms with Crippen molar-refractivity contribution in [1.82, 2.24) is 10.2 Å². The minimum absolute atomic E-state index is 0.122. The van der Waals surface area contributed by atoms with Crippen molar-refractivity contribution in [2.75, 3.05) is 13.1 Å². The predicted octanol–water partition coefficient (Wildman–Crippen LogP) is 2.16. The molecule has 1 aliphatic heterocycles. The molecule has 0 bridgehead atoms. The number of nitrogens with one attached hydrogen (secondary N) is 1. The standard InChI is InChI=1S/C18H32N2O2/c1-18(2,3)17(22)19-14-8-12(9-16(21)13-4-5-13)10-20(11-14)15-6-7-15/h12-16,21H,4-11H2,1-3H3,(H,19,22). The summed E-state index contributed by atoms with van der Waals surface area (Å²) in [5, 5.41) is 13.5. The fourth-order valence-electron chi connectivity index (χ4n) is 3.67. The molecule has 1 saturated heterocycles. The molecule has 0 aromatic heterocycles. The zero-order chi connectivity index (χ0) is 15.9. The fraction of sp³-hybridized carbons (Fsp3) is 0.944. The van der Waals surface area contributed by atoms with Gasteiger partial charge in [-0.1, -0.05) is 20.8 Å². The summed E-state index contributed by atoms with van der Waals surface area (Å²) >= 11 is 0. The molecule has 2 saturated carbocycles. The first-order valence-corrected chi connectivity index (χ1v) is 9.06. The maximum absolute atomic E-state index is 12.3. The highest BCUT2D eigenvalue weighted by Crippen LogP contribution is 2.38. The lowest BCUT2D eigenvalue weighted by atomic mass is 9.87. The topological polar surface area (TPSA) is 52.6 Å². The molecule has 0 aromatic carbocycles. The third-order valence-corrected chi connectivity index (χ3v) is 5.39. The van der Waals surface area contributed by atoms with Crippen molar-refractivity contribution in [3.8, 4) is 0 Å². The normalized spacial score (nSPS) is 31.8. The Bertz CT molecular complexity index is 408. The third-order valence-electron chi connectivity index (χ3n) is 5.39. The van der Waals surface area contributed by atoms with Crippen molar-refractivity contribution in [2.24, 2.45) is 17.3 Å². The molecule has 3 atom stereocenters. The van der Waals surface area contributed by atoms with Crippen LogP contribution in [0.5, 0.6) is 0 Å². The van der Waals surface area contributed by atoms with E-state index < -0.39 is 0 Å². The number of amides is 1. The average Bonchev–Trinajstić information content (AvgIpc) is 3.28. The molecule has 2 N–H and O–H groups in total. The molecule has 3 fully saturated rings. The lowest BCUT2D eigenvalue weighted by Crippen LogP contribution is -2.53. The smallest absolute Gasteiger partial charge is 0.225 e. The van der Waals surface area contributed by atoms with Crippen LogP contribution in [0.2, 0.25) is 0 Å². The Morgan fingerprint density at radius 2 is 1.91 bits per heavy atom. The van der Waals surface area contributed by atoms with Crippen molar-refractivity contribution >= 4 is 5.91 Å². The number of nitrogens with zero attached hydrogens (tertiary/aromatic N) is 1. The van der Waals surface area contributed by atoms with Gasteiger partial charge in [-0.2, -0.15) is 0 Å². The maximum Gasteiger partial charge on any atom is 0.225 e. The second-order valence-corrected chi connectivity index (χ2v) is 8.85. The number of rotatable bonds is 5. The van der Waals surface area contributed by atoms with Crippen LogP contribution in [0.25, 0.3) is 0 Å². The third kappa shape index (κ3) is 4.23. The minimum atomic E-state index is -0.328. The lowest BCUT2D eigenvalue weighted by molar-refractivity contribution is -0.129. The number of hydrogen-bond donors (Lipinski definition) is 2. The van der Waals surface area contributed by atoms with Gasteiger partial charge in [-0.15, -0.1) is 0 Å². The zero-order valence-electron chi connectivity index (χ0n) is 14.3. The number of carbonyl (C=O) groups is 1. The van der Waals surface area contributed by atoms with Gasteiger partial charge in [-0.25, -0.2) is 0 Å². The first kappa shape index (κ1) is 16.3. The van der Waals surface area contributed by atoms with E-state index in [2.05, 4.69) is 10.2 Å². The second-order valence-electron chi connectivity index (χ2n) is 8.85. The Labute approximate surface area is 134 Å². The zero-order valence-corrected chi connectivity index (χ0v) is 14.3. The van der Waals surface area contributed by atoms with E-state index in [9.17, 15) is 9.90 Å². The summed E-state index contributed by atoms with van der Waals surface area (Å²) in [4.78, 5) is 14.8. The summed E-state index contributed by atoms with van der Waals surface area (Å²) in [6, 6.07) is 0.979. The van der Waals surface area contributed by atoms with Crippen LogP contribution in [0.4, 0.5) is 0 Å². The van der Waals surface area contributed by atoms with Gasteiger partial charge in [0.05, 0.1) is 6.10 Å². The molecule has 3 aliphatic rings. The molecular weight excluding hydrogens is 276 g/mol. The van der Waals surface area contributed by atoms with E-state index in [1.54, 1.807) is 0 Å². The molecule has 126 valence electrons. The molecule has 1 amide bonds. The Kier molecular flexibility index (Phi) is 4.52. The number of piperidine rings is 1. The first-order valence-electron chi connectivity index (χ1n) is 9.06. The van der Waals surface area contributed by atoms with Crippen LogP contribution in [0.1, 0.15) is 59.3 Å². The van der Waals surface area contributed by atoms with Crippen LogP contribution in [0.15, 0.2) is 0 Å². The molecule has 22 heavy (non-hydrogen) atoms. The van der Waals surface area contributed by atoms with Crippen LogP contribution in [0.3, 0.4) is 0 Å². The Morgan fingerprint density at radius 3 is 2.45 bits per heavy atom. The number of aliphatic hydroxyl groups excluding tert-OH is 1. The van der Waals surface area contributed by atoms with Crippen LogP contribution < -0.4 is 5.32 Å². The summed E-state index contributed by atoms with van der Waals surface area (Å²) in [6.07, 6.45) is 6.82. The van der Waals surface area contributed by atoms with Gasteiger partial charge in [0.15, 0.2) is 0 Å². The van der Waals surface area contributed by atoms with Gasteiger partial charge in [0.1, 0.15) is 0 Å². The van der Waals surface area contributed by atoms with Gasteiger partial charge in [0, 0.05) is 30.6 Å². The molecule has 0 radical (unpaired) electrons. The lowest BCUT2D eigenvalue weighted by Gasteiger charge is -2.40. The van der Waals surface area contributed by atoms with Crippen molar-refractivity contribution in [2.45, 2.75) is 77.5 Å². The van der Waals surface area contributed by atoms with Gasteiger partial charge >= 0.3 is 0 Å². The Hall–Kier alpha value is -0.610. The van der Waals surface area contributed by atoms with E-state index in [1.165, 1.54) is 25.7 Å². The van der Waals surface area contributed by atoms with Crippen molar-refractivity contribution in [1.29, 1.82) is 0 Å². The van der Waals surface area contributed by atoms with E-state index in [0.717, 1.165) is 32.0 Å². The number of hydrogen-bond acceptors (Lipinski definition) is 3. The van der Waals surface area contributed by atoms with Crippen LogP contribution in [-0.2, 0) is 4.79 Å². The summed E-state index contributed by atoms with van der Waals surface area (Å²) in [6.45, 7) is 8.01. The molecule has 3 unspecified atom stereocenters. The molecule has 4 heteroatoms. The fourth-order valence-corrected chi connectivity index (χ4v) is 3.67. The summed E-state index contributed by atoms with van der Waals surface area (Å²) < 4.78 is 0. The van der Waals surface area contributed by atoms with Gasteiger partial charge in [0.2, 0.25) is 5.91 Å². The van der Waals surface area contributed by atoms with Crippen molar-refractivity contribution in [3.05, 3.63) is 0 Å². The predicted molar refractivity (Wildman–Crippen MR) is 87.4 cm³/mol. The molecule has 0 aromatic rings. The van der Waals surface area contributed by atoms with E-state index in [4.69, 9.17) is 0 Å². The molecule has 0 spiro atoms. The molecule has 4 nitrogen and oxygen atoms in total. The van der Waals surface area contributed by atoms with Crippen LogP contribution >= 0.6 is 0 Å². The van der Waals surface area contributed by atoms with Gasteiger partial charge in [-0.3, -0.25) is 9.69 Å². The highest BCUT2D eigenvalue weighted by molar-refractivity contribution is 5.81. The van der Waals surface area contributed by atoms with E-state index >= 15 is 0 Å². The van der Waals surface area contributed by atoms with E-state index in [-0.39, 0.29) is 23.5 Å². The van der Waals surface area contributed by atoms with Gasteiger partial charge < -0.3 is 10.4 Å². The van der Waals surface area contributed by atoms with Crippen LogP contribution in [-0.4, -0.2) is 47.2 Å². The SMILES string of the molecule is CC(C)(C)C(=O)NC1CC(CC(O)C2CC2)CN(C2CC2)C1. The maximum atomic E-state index is 12.3. The molecule has 3 rings (SSSR count). The van der Waals surface area contributed by atoms with Crippen molar-refractivity contribution in [3.63, 3.8) is 0 Å². The Balaban J connectivity index is 1.58. The molecular formula is C18H32N2O2. The summed E-state index contributed by atoms with van der Waals surface area (Å²) in [5.74, 6) is 1.23.